The van der Waals surface area contributed by atoms with Gasteiger partial charge in [0.15, 0.2) is 11.5 Å². The number of ether oxygens (including phenoxy) is 2. The number of rotatable bonds is 1. The van der Waals surface area contributed by atoms with Crippen molar-refractivity contribution in [1.82, 2.24) is 4.90 Å². The number of likely N-dealkylation sites (tertiary alicyclic amines) is 1. The number of likely N-dealkylation sites (N-methyl/N-ethyl adjacent to an activating group) is 1. The second kappa shape index (κ2) is 4.06. The maximum absolute atomic E-state index is 10.6. The molecule has 1 spiro atoms. The first-order valence-electron chi connectivity index (χ1n) is 8.10. The summed E-state index contributed by atoms with van der Waals surface area (Å²) in [6, 6.07) is 4.70. The number of methoxy groups -OCH3 is 1. The van der Waals surface area contributed by atoms with Crippen molar-refractivity contribution in [2.24, 2.45) is 5.92 Å². The van der Waals surface area contributed by atoms with Crippen LogP contribution in [-0.2, 0) is 11.8 Å². The van der Waals surface area contributed by atoms with Crippen LogP contribution in [0, 0.1) is 5.92 Å². The highest BCUT2D eigenvalue weighted by atomic mass is 16.5. The highest BCUT2D eigenvalue weighted by Crippen LogP contribution is 2.62. The maximum Gasteiger partial charge on any atom is 0.165 e. The van der Waals surface area contributed by atoms with E-state index in [9.17, 15) is 5.11 Å². The van der Waals surface area contributed by atoms with Gasteiger partial charge in [0.25, 0.3) is 0 Å². The second-order valence-electron chi connectivity index (χ2n) is 7.11. The molecule has 1 fully saturated rings. The van der Waals surface area contributed by atoms with E-state index in [4.69, 9.17) is 9.47 Å². The molecule has 0 radical (unpaired) electrons. The van der Waals surface area contributed by atoms with Gasteiger partial charge in [-0.25, -0.2) is 0 Å². The minimum Gasteiger partial charge on any atom is -0.493 e. The van der Waals surface area contributed by atoms with E-state index in [1.165, 1.54) is 11.1 Å². The maximum atomic E-state index is 10.6. The Bertz CT molecular complexity index is 685. The predicted molar refractivity (Wildman–Crippen MR) is 82.5 cm³/mol. The molecule has 2 heterocycles. The minimum absolute atomic E-state index is 0.0806. The van der Waals surface area contributed by atoms with Crippen LogP contribution in [0.2, 0.25) is 0 Å². The molecule has 0 saturated carbocycles. The molecule has 1 aromatic rings. The molecule has 2 aliphatic heterocycles. The minimum atomic E-state index is -0.539. The Kier molecular flexibility index (Phi) is 2.39. The average Bonchev–Trinajstić information content (AvgIpc) is 2.88. The fourth-order valence-corrected chi connectivity index (χ4v) is 5.39. The molecule has 0 amide bonds. The standard InChI is InChI=1S/C18H21NO3/c1-19-8-7-18-11-4-5-13(20)17(18)22-16-14(21-2)6-3-10(15(16)18)9-12(11)19/h3-6,11-13,17,20H,7-9H2,1-2H3/t11-,12-,13+,17-,18-/m1/s1. The predicted octanol–water partition coefficient (Wildman–Crippen LogP) is 1.50. The second-order valence-corrected chi connectivity index (χ2v) is 7.11. The van der Waals surface area contributed by atoms with E-state index in [1.807, 2.05) is 12.1 Å². The topological polar surface area (TPSA) is 41.9 Å². The zero-order valence-electron chi connectivity index (χ0n) is 13.0. The van der Waals surface area contributed by atoms with Crippen LogP contribution >= 0.6 is 0 Å². The van der Waals surface area contributed by atoms with Crippen molar-refractivity contribution in [2.45, 2.75) is 36.5 Å². The van der Waals surface area contributed by atoms with Crippen LogP contribution in [0.25, 0.3) is 0 Å². The number of benzene rings is 1. The molecule has 2 aliphatic carbocycles. The molecule has 0 aromatic heterocycles. The van der Waals surface area contributed by atoms with Crippen LogP contribution in [0.3, 0.4) is 0 Å². The lowest BCUT2D eigenvalue weighted by molar-refractivity contribution is -0.0453. The summed E-state index contributed by atoms with van der Waals surface area (Å²) in [6.45, 7) is 1.05. The van der Waals surface area contributed by atoms with Gasteiger partial charge in [-0.15, -0.1) is 0 Å². The summed E-state index contributed by atoms with van der Waals surface area (Å²) in [7, 11) is 3.91. The Morgan fingerprint density at radius 1 is 1.36 bits per heavy atom. The van der Waals surface area contributed by atoms with Crippen LogP contribution in [0.4, 0.5) is 0 Å². The third-order valence-electron chi connectivity index (χ3n) is 6.35. The van der Waals surface area contributed by atoms with Crippen molar-refractivity contribution >= 4 is 0 Å². The van der Waals surface area contributed by atoms with Crippen molar-refractivity contribution < 1.29 is 14.6 Å². The van der Waals surface area contributed by atoms with Crippen LogP contribution < -0.4 is 9.47 Å². The number of nitrogens with zero attached hydrogens (tertiary/aromatic N) is 1. The molecule has 116 valence electrons. The lowest BCUT2D eigenvalue weighted by atomic mass is 9.53. The monoisotopic (exact) mass is 299 g/mol. The summed E-state index contributed by atoms with van der Waals surface area (Å²) < 4.78 is 11.8. The molecular formula is C18H21NO3. The Hall–Kier alpha value is -1.52. The summed E-state index contributed by atoms with van der Waals surface area (Å²) in [5, 5.41) is 10.6. The highest BCUT2D eigenvalue weighted by molar-refractivity contribution is 5.62. The zero-order valence-corrected chi connectivity index (χ0v) is 13.0. The molecule has 5 rings (SSSR count). The molecule has 2 bridgehead atoms. The fourth-order valence-electron chi connectivity index (χ4n) is 5.39. The first kappa shape index (κ1) is 13.0. The Morgan fingerprint density at radius 3 is 3.05 bits per heavy atom. The smallest absolute Gasteiger partial charge is 0.165 e. The van der Waals surface area contributed by atoms with E-state index in [2.05, 4.69) is 24.1 Å². The van der Waals surface area contributed by atoms with Gasteiger partial charge in [-0.05, 0) is 38.1 Å². The van der Waals surface area contributed by atoms with Gasteiger partial charge < -0.3 is 19.5 Å². The van der Waals surface area contributed by atoms with Gasteiger partial charge in [-0.3, -0.25) is 0 Å². The molecule has 4 aliphatic rings. The number of aliphatic hydroxyl groups is 1. The van der Waals surface area contributed by atoms with Crippen molar-refractivity contribution in [3.05, 3.63) is 35.4 Å². The van der Waals surface area contributed by atoms with Gasteiger partial charge in [-0.2, -0.15) is 0 Å². The quantitative estimate of drug-likeness (QED) is 0.798. The zero-order chi connectivity index (χ0) is 15.1. The fraction of sp³-hybridized carbons (Fsp3) is 0.556. The number of piperidine rings is 1. The van der Waals surface area contributed by atoms with E-state index in [0.29, 0.717) is 12.0 Å². The van der Waals surface area contributed by atoms with Crippen LogP contribution in [0.5, 0.6) is 11.5 Å². The lowest BCUT2D eigenvalue weighted by Gasteiger charge is -2.56. The van der Waals surface area contributed by atoms with Gasteiger partial charge in [0.05, 0.1) is 7.11 Å². The third-order valence-corrected chi connectivity index (χ3v) is 6.35. The first-order chi connectivity index (χ1) is 10.7. The lowest BCUT2D eigenvalue weighted by Crippen LogP contribution is -2.64. The normalized spacial score (nSPS) is 41.0. The van der Waals surface area contributed by atoms with E-state index in [-0.39, 0.29) is 11.5 Å². The van der Waals surface area contributed by atoms with Crippen molar-refractivity contribution in [3.63, 3.8) is 0 Å². The first-order valence-corrected chi connectivity index (χ1v) is 8.10. The van der Waals surface area contributed by atoms with Crippen molar-refractivity contribution in [3.8, 4) is 11.5 Å². The Balaban J connectivity index is 1.82. The van der Waals surface area contributed by atoms with E-state index >= 15 is 0 Å². The van der Waals surface area contributed by atoms with Crippen molar-refractivity contribution in [2.75, 3.05) is 20.7 Å². The van der Waals surface area contributed by atoms with Gasteiger partial charge in [-0.1, -0.05) is 18.2 Å². The summed E-state index contributed by atoms with van der Waals surface area (Å²) in [6.07, 6.45) is 5.54. The molecule has 0 unspecified atom stereocenters. The molecule has 5 atom stereocenters. The van der Waals surface area contributed by atoms with Crippen LogP contribution in [-0.4, -0.2) is 49.0 Å². The number of hydrogen-bond acceptors (Lipinski definition) is 4. The molecule has 1 saturated heterocycles. The van der Waals surface area contributed by atoms with E-state index in [1.54, 1.807) is 7.11 Å². The van der Waals surface area contributed by atoms with Gasteiger partial charge in [0, 0.05) is 22.9 Å². The summed E-state index contributed by atoms with van der Waals surface area (Å²) in [4.78, 5) is 2.47. The highest BCUT2D eigenvalue weighted by Gasteiger charge is 2.64. The molecule has 1 N–H and O–H groups in total. The van der Waals surface area contributed by atoms with Gasteiger partial charge >= 0.3 is 0 Å². The van der Waals surface area contributed by atoms with Gasteiger partial charge in [0.1, 0.15) is 12.2 Å². The summed E-state index contributed by atoms with van der Waals surface area (Å²) in [5.41, 5.74) is 2.60. The Labute approximate surface area is 130 Å². The summed E-state index contributed by atoms with van der Waals surface area (Å²) >= 11 is 0. The molecule has 4 nitrogen and oxygen atoms in total. The Morgan fingerprint density at radius 2 is 2.23 bits per heavy atom. The molecule has 22 heavy (non-hydrogen) atoms. The number of aliphatic hydroxyl groups excluding tert-OH is 1. The SMILES string of the molecule is COc1ccc2c3c1O[C@@H]1[C@@H](O)C=C[C@@H]4[C@@H](C2)N(C)CC[C@]341. The third kappa shape index (κ3) is 1.28. The number of hydrogen-bond donors (Lipinski definition) is 1. The average molecular weight is 299 g/mol. The molecular weight excluding hydrogens is 278 g/mol. The van der Waals surface area contributed by atoms with E-state index in [0.717, 1.165) is 30.9 Å². The molecule has 4 heteroatoms. The summed E-state index contributed by atoms with van der Waals surface area (Å²) in [5.74, 6) is 2.09. The van der Waals surface area contributed by atoms with Gasteiger partial charge in [0.2, 0.25) is 0 Å². The van der Waals surface area contributed by atoms with Crippen LogP contribution in [0.1, 0.15) is 17.5 Å². The van der Waals surface area contributed by atoms with Crippen LogP contribution in [0.15, 0.2) is 24.3 Å². The molecule has 1 aromatic carbocycles. The largest absolute Gasteiger partial charge is 0.493 e. The van der Waals surface area contributed by atoms with Crippen molar-refractivity contribution in [1.29, 1.82) is 0 Å². The van der Waals surface area contributed by atoms with E-state index < -0.39 is 6.10 Å².